The first-order chi connectivity index (χ1) is 5.54. The van der Waals surface area contributed by atoms with Gasteiger partial charge in [-0.05, 0) is 17.7 Å². The molecule has 0 aliphatic rings. The minimum Gasteiger partial charge on any atom is -0.225 e. The number of sulfonamides is 1. The predicted molar refractivity (Wildman–Crippen MR) is 50.4 cm³/mol. The van der Waals surface area contributed by atoms with Crippen LogP contribution in [0, 0.1) is 0 Å². The zero-order valence-corrected chi connectivity index (χ0v) is 8.60. The molecule has 0 atom stereocenters. The van der Waals surface area contributed by atoms with Gasteiger partial charge < -0.3 is 0 Å². The van der Waals surface area contributed by atoms with Crippen molar-refractivity contribution in [1.29, 1.82) is 0 Å². The van der Waals surface area contributed by atoms with Crippen LogP contribution in [0.2, 0.25) is 0 Å². The highest BCUT2D eigenvalue weighted by atomic mass is 79.9. The summed E-state index contributed by atoms with van der Waals surface area (Å²) in [6, 6.07) is 6.51. The van der Waals surface area contributed by atoms with E-state index in [0.29, 0.717) is 5.33 Å². The van der Waals surface area contributed by atoms with Crippen molar-refractivity contribution in [3.8, 4) is 0 Å². The smallest absolute Gasteiger partial charge is 0.225 e. The van der Waals surface area contributed by atoms with Crippen molar-refractivity contribution in [3.05, 3.63) is 29.8 Å². The summed E-state index contributed by atoms with van der Waals surface area (Å²) in [5.41, 5.74) is 0.890. The summed E-state index contributed by atoms with van der Waals surface area (Å²) in [5, 5.41) is 5.56. The van der Waals surface area contributed by atoms with Crippen molar-refractivity contribution in [2.24, 2.45) is 5.14 Å². The third kappa shape index (κ3) is 2.30. The van der Waals surface area contributed by atoms with E-state index < -0.39 is 10.0 Å². The van der Waals surface area contributed by atoms with Gasteiger partial charge in [0.25, 0.3) is 0 Å². The largest absolute Gasteiger partial charge is 0.238 e. The average Bonchev–Trinajstić information content (AvgIpc) is 2.03. The zero-order chi connectivity index (χ0) is 9.19. The lowest BCUT2D eigenvalue weighted by atomic mass is 10.2. The van der Waals surface area contributed by atoms with E-state index in [-0.39, 0.29) is 4.90 Å². The maximum absolute atomic E-state index is 10.9. The third-order valence-electron chi connectivity index (χ3n) is 1.38. The lowest BCUT2D eigenvalue weighted by Crippen LogP contribution is -2.12. The Morgan fingerprint density at radius 3 is 2.58 bits per heavy atom. The third-order valence-corrected chi connectivity index (χ3v) is 2.94. The second kappa shape index (κ2) is 3.55. The van der Waals surface area contributed by atoms with Gasteiger partial charge in [-0.3, -0.25) is 0 Å². The van der Waals surface area contributed by atoms with Gasteiger partial charge in [0.2, 0.25) is 10.0 Å². The van der Waals surface area contributed by atoms with E-state index in [1.165, 1.54) is 6.07 Å². The second-order valence-electron chi connectivity index (χ2n) is 2.33. The van der Waals surface area contributed by atoms with Crippen molar-refractivity contribution < 1.29 is 8.42 Å². The summed E-state index contributed by atoms with van der Waals surface area (Å²) in [5.74, 6) is 0. The summed E-state index contributed by atoms with van der Waals surface area (Å²) >= 11 is 3.22. The van der Waals surface area contributed by atoms with Crippen molar-refractivity contribution in [2.75, 3.05) is 0 Å². The van der Waals surface area contributed by atoms with Crippen LogP contribution >= 0.6 is 15.9 Å². The molecule has 0 aliphatic heterocycles. The summed E-state index contributed by atoms with van der Waals surface area (Å²) in [6.07, 6.45) is 0. The van der Waals surface area contributed by atoms with Crippen LogP contribution in [-0.2, 0) is 15.4 Å². The quantitative estimate of drug-likeness (QED) is 0.802. The summed E-state index contributed by atoms with van der Waals surface area (Å²) in [4.78, 5) is 0.152. The Kier molecular flexibility index (Phi) is 2.87. The van der Waals surface area contributed by atoms with Gasteiger partial charge in [-0.2, -0.15) is 0 Å². The summed E-state index contributed by atoms with van der Waals surface area (Å²) in [7, 11) is -3.56. The molecule has 66 valence electrons. The fraction of sp³-hybridized carbons (Fsp3) is 0.143. The number of halogens is 1. The molecule has 3 nitrogen and oxygen atoms in total. The first kappa shape index (κ1) is 9.70. The van der Waals surface area contributed by atoms with Gasteiger partial charge in [0.15, 0.2) is 0 Å². The van der Waals surface area contributed by atoms with Crippen LogP contribution in [0.5, 0.6) is 0 Å². The van der Waals surface area contributed by atoms with E-state index >= 15 is 0 Å². The van der Waals surface area contributed by atoms with E-state index in [4.69, 9.17) is 5.14 Å². The number of nitrogens with two attached hydrogens (primary N) is 1. The highest BCUT2D eigenvalue weighted by Crippen LogP contribution is 2.11. The van der Waals surface area contributed by atoms with Crippen LogP contribution in [0.4, 0.5) is 0 Å². The Morgan fingerprint density at radius 1 is 1.42 bits per heavy atom. The Bertz CT molecular complexity index is 375. The number of alkyl halides is 1. The molecule has 5 heteroatoms. The molecule has 2 N–H and O–H groups in total. The van der Waals surface area contributed by atoms with Crippen LogP contribution in [-0.4, -0.2) is 8.42 Å². The fourth-order valence-electron chi connectivity index (χ4n) is 0.806. The average molecular weight is 250 g/mol. The van der Waals surface area contributed by atoms with Crippen LogP contribution in [0.1, 0.15) is 5.56 Å². The van der Waals surface area contributed by atoms with Gasteiger partial charge in [0.05, 0.1) is 4.90 Å². The molecule has 0 heterocycles. The number of hydrogen-bond donors (Lipinski definition) is 1. The van der Waals surface area contributed by atoms with Gasteiger partial charge in [-0.25, -0.2) is 13.6 Å². The molecule has 0 aliphatic carbocycles. The molecule has 0 saturated carbocycles. The summed E-state index contributed by atoms with van der Waals surface area (Å²) < 4.78 is 21.7. The van der Waals surface area contributed by atoms with Crippen molar-refractivity contribution >= 4 is 26.0 Å². The van der Waals surface area contributed by atoms with Gasteiger partial charge in [0.1, 0.15) is 0 Å². The Hall–Kier alpha value is -0.390. The molecule has 0 amide bonds. The molecule has 0 aromatic heterocycles. The molecular weight excluding hydrogens is 242 g/mol. The lowest BCUT2D eigenvalue weighted by Gasteiger charge is -1.99. The van der Waals surface area contributed by atoms with Crippen molar-refractivity contribution in [3.63, 3.8) is 0 Å². The van der Waals surface area contributed by atoms with Crippen LogP contribution in [0.15, 0.2) is 29.2 Å². The normalized spacial score (nSPS) is 11.5. The number of benzene rings is 1. The number of hydrogen-bond acceptors (Lipinski definition) is 2. The second-order valence-corrected chi connectivity index (χ2v) is 4.45. The molecule has 0 bridgehead atoms. The van der Waals surface area contributed by atoms with Crippen LogP contribution in [0.25, 0.3) is 0 Å². The molecule has 1 rings (SSSR count). The molecule has 0 fully saturated rings. The molecule has 12 heavy (non-hydrogen) atoms. The highest BCUT2D eigenvalue weighted by Gasteiger charge is 2.06. The minimum atomic E-state index is -3.56. The zero-order valence-electron chi connectivity index (χ0n) is 6.20. The first-order valence-electron chi connectivity index (χ1n) is 3.22. The molecule has 0 radical (unpaired) electrons. The fourth-order valence-corrected chi connectivity index (χ4v) is 1.74. The molecule has 1 aromatic rings. The lowest BCUT2D eigenvalue weighted by molar-refractivity contribution is 0.597. The van der Waals surface area contributed by atoms with Gasteiger partial charge in [0, 0.05) is 5.33 Å². The minimum absolute atomic E-state index is 0.152. The topological polar surface area (TPSA) is 60.2 Å². The SMILES string of the molecule is NS(=O)(=O)c1cccc(CBr)c1. The molecule has 0 saturated heterocycles. The molecular formula is C7H8BrNO2S. The van der Waals surface area contributed by atoms with Crippen molar-refractivity contribution in [1.82, 2.24) is 0 Å². The Labute approximate surface area is 79.8 Å². The van der Waals surface area contributed by atoms with E-state index in [0.717, 1.165) is 5.56 Å². The Balaban J connectivity index is 3.20. The summed E-state index contributed by atoms with van der Waals surface area (Å²) in [6.45, 7) is 0. The molecule has 0 spiro atoms. The van der Waals surface area contributed by atoms with Crippen LogP contribution < -0.4 is 5.14 Å². The van der Waals surface area contributed by atoms with Crippen molar-refractivity contribution in [2.45, 2.75) is 10.2 Å². The Morgan fingerprint density at radius 2 is 2.08 bits per heavy atom. The number of rotatable bonds is 2. The standard InChI is InChI=1S/C7H8BrNO2S/c8-5-6-2-1-3-7(4-6)12(9,10)11/h1-4H,5H2,(H2,9,10,11). The predicted octanol–water partition coefficient (Wildman–Crippen LogP) is 1.23. The highest BCUT2D eigenvalue weighted by molar-refractivity contribution is 9.08. The van der Waals surface area contributed by atoms with E-state index in [2.05, 4.69) is 15.9 Å². The van der Waals surface area contributed by atoms with Crippen LogP contribution in [0.3, 0.4) is 0 Å². The number of primary sulfonamides is 1. The van der Waals surface area contributed by atoms with Gasteiger partial charge in [-0.15, -0.1) is 0 Å². The maximum atomic E-state index is 10.9. The molecule has 0 unspecified atom stereocenters. The van der Waals surface area contributed by atoms with E-state index in [1.807, 2.05) is 6.07 Å². The van der Waals surface area contributed by atoms with E-state index in [1.54, 1.807) is 12.1 Å². The van der Waals surface area contributed by atoms with Gasteiger partial charge >= 0.3 is 0 Å². The maximum Gasteiger partial charge on any atom is 0.238 e. The first-order valence-corrected chi connectivity index (χ1v) is 5.88. The molecule has 1 aromatic carbocycles. The van der Waals surface area contributed by atoms with E-state index in [9.17, 15) is 8.42 Å². The van der Waals surface area contributed by atoms with Gasteiger partial charge in [-0.1, -0.05) is 28.1 Å². The monoisotopic (exact) mass is 249 g/mol.